The van der Waals surface area contributed by atoms with Crippen LogP contribution in [-0.2, 0) is 11.2 Å². The van der Waals surface area contributed by atoms with Crippen molar-refractivity contribution in [2.75, 3.05) is 7.11 Å². The first-order valence-corrected chi connectivity index (χ1v) is 7.77. The highest BCUT2D eigenvalue weighted by Crippen LogP contribution is 2.21. The Hall–Kier alpha value is -1.93. The van der Waals surface area contributed by atoms with Gasteiger partial charge >= 0.3 is 0 Å². The molecule has 0 aliphatic carbocycles. The summed E-state index contributed by atoms with van der Waals surface area (Å²) in [5.41, 5.74) is 5.06. The number of hydrogen-bond donors (Lipinski definition) is 2. The Bertz CT molecular complexity index is 705. The number of hydrazine groups is 1. The van der Waals surface area contributed by atoms with Crippen LogP contribution in [-0.4, -0.2) is 18.9 Å². The number of carbonyl (C=O) groups excluding carboxylic acids is 2. The van der Waals surface area contributed by atoms with Crippen molar-refractivity contribution in [3.05, 3.63) is 50.4 Å². The normalized spacial score (nSPS) is 10.1. The summed E-state index contributed by atoms with van der Waals surface area (Å²) in [5, 5.41) is 0. The largest absolute Gasteiger partial charge is 0.494 e. The lowest BCUT2D eigenvalue weighted by Gasteiger charge is -2.07. The molecule has 8 heteroatoms. The van der Waals surface area contributed by atoms with Crippen LogP contribution < -0.4 is 15.6 Å². The summed E-state index contributed by atoms with van der Waals surface area (Å²) in [5.74, 6) is -1.29. The number of ether oxygens (including phenoxy) is 1. The summed E-state index contributed by atoms with van der Waals surface area (Å²) in [6, 6.07) is 7.62. The van der Waals surface area contributed by atoms with Crippen LogP contribution in [0.3, 0.4) is 0 Å². The van der Waals surface area contributed by atoms with Gasteiger partial charge in [0.2, 0.25) is 5.91 Å². The topological polar surface area (TPSA) is 67.4 Å². The smallest absolute Gasteiger partial charge is 0.279 e. The molecule has 5 nitrogen and oxygen atoms in total. The molecule has 0 spiro atoms. The van der Waals surface area contributed by atoms with Crippen molar-refractivity contribution in [3.63, 3.8) is 0 Å². The molecule has 1 heterocycles. The van der Waals surface area contributed by atoms with Gasteiger partial charge in [0.1, 0.15) is 0 Å². The first-order valence-electron chi connectivity index (χ1n) is 6.16. The number of hydrogen-bond acceptors (Lipinski definition) is 4. The predicted octanol–water partition coefficient (Wildman–Crippen LogP) is 2.66. The second-order valence-corrected chi connectivity index (χ2v) is 6.71. The number of nitrogens with one attached hydrogen (secondary N) is 2. The molecule has 0 unspecified atom stereocenters. The van der Waals surface area contributed by atoms with E-state index >= 15 is 0 Å². The van der Waals surface area contributed by atoms with Gasteiger partial charge in [0, 0.05) is 0 Å². The highest BCUT2D eigenvalue weighted by molar-refractivity contribution is 9.11. The standard InChI is InChI=1S/C14H12BrFN2O3S/c1-21-10-3-2-8(6-9(10)16)7-13(19)17-18-14(20)11-4-5-12(15)22-11/h2-6H,7H2,1H3,(H,17,19)(H,18,20). The van der Waals surface area contributed by atoms with Crippen LogP contribution in [0.4, 0.5) is 4.39 Å². The minimum atomic E-state index is -0.541. The zero-order valence-electron chi connectivity index (χ0n) is 11.5. The molecule has 2 amide bonds. The first kappa shape index (κ1) is 16.4. The lowest BCUT2D eigenvalue weighted by molar-refractivity contribution is -0.121. The molecule has 0 fully saturated rings. The zero-order chi connectivity index (χ0) is 16.1. The molecule has 2 N–H and O–H groups in total. The van der Waals surface area contributed by atoms with Crippen molar-refractivity contribution in [1.82, 2.24) is 10.9 Å². The van der Waals surface area contributed by atoms with Gasteiger partial charge in [-0.1, -0.05) is 6.07 Å². The van der Waals surface area contributed by atoms with Crippen LogP contribution in [0.25, 0.3) is 0 Å². The molecule has 0 radical (unpaired) electrons. The minimum Gasteiger partial charge on any atom is -0.494 e. The molecule has 0 aliphatic rings. The molecule has 22 heavy (non-hydrogen) atoms. The third-order valence-corrected chi connectivity index (χ3v) is 4.32. The quantitative estimate of drug-likeness (QED) is 0.793. The van der Waals surface area contributed by atoms with Gasteiger partial charge in [-0.15, -0.1) is 11.3 Å². The number of benzene rings is 1. The maximum Gasteiger partial charge on any atom is 0.279 e. The van der Waals surface area contributed by atoms with Crippen molar-refractivity contribution in [2.45, 2.75) is 6.42 Å². The van der Waals surface area contributed by atoms with E-state index in [0.29, 0.717) is 10.4 Å². The fourth-order valence-electron chi connectivity index (χ4n) is 1.67. The maximum atomic E-state index is 13.5. The van der Waals surface area contributed by atoms with Crippen molar-refractivity contribution in [3.8, 4) is 5.75 Å². The van der Waals surface area contributed by atoms with Crippen molar-refractivity contribution < 1.29 is 18.7 Å². The molecule has 1 aromatic carbocycles. The van der Waals surface area contributed by atoms with Gasteiger partial charge in [0.05, 0.1) is 22.2 Å². The van der Waals surface area contributed by atoms with Crippen LogP contribution >= 0.6 is 27.3 Å². The van der Waals surface area contributed by atoms with Crippen molar-refractivity contribution >= 4 is 39.1 Å². The van der Waals surface area contributed by atoms with E-state index in [1.165, 1.54) is 30.6 Å². The van der Waals surface area contributed by atoms with Crippen LogP contribution in [0.15, 0.2) is 34.1 Å². The van der Waals surface area contributed by atoms with Crippen LogP contribution in [0.5, 0.6) is 5.75 Å². The van der Waals surface area contributed by atoms with E-state index in [1.807, 2.05) is 0 Å². The lowest BCUT2D eigenvalue weighted by Crippen LogP contribution is -2.42. The third kappa shape index (κ3) is 4.28. The predicted molar refractivity (Wildman–Crippen MR) is 84.3 cm³/mol. The van der Waals surface area contributed by atoms with Gasteiger partial charge in [-0.2, -0.15) is 0 Å². The Balaban J connectivity index is 1.88. The highest BCUT2D eigenvalue weighted by Gasteiger charge is 2.11. The highest BCUT2D eigenvalue weighted by atomic mass is 79.9. The molecule has 116 valence electrons. The second-order valence-electron chi connectivity index (χ2n) is 4.25. The summed E-state index contributed by atoms with van der Waals surface area (Å²) in [6.45, 7) is 0. The summed E-state index contributed by atoms with van der Waals surface area (Å²) in [7, 11) is 1.36. The summed E-state index contributed by atoms with van der Waals surface area (Å²) >= 11 is 4.50. The second kappa shape index (κ2) is 7.37. The minimum absolute atomic E-state index is 0.0602. The van der Waals surface area contributed by atoms with Crippen molar-refractivity contribution in [2.24, 2.45) is 0 Å². The van der Waals surface area contributed by atoms with E-state index in [0.717, 1.165) is 3.79 Å². The monoisotopic (exact) mass is 386 g/mol. The number of thiophene rings is 1. The summed E-state index contributed by atoms with van der Waals surface area (Å²) in [6.07, 6.45) is -0.0602. The summed E-state index contributed by atoms with van der Waals surface area (Å²) < 4.78 is 19.1. The number of rotatable bonds is 4. The number of methoxy groups -OCH3 is 1. The molecule has 0 bridgehead atoms. The van der Waals surface area contributed by atoms with Gasteiger partial charge in [-0.3, -0.25) is 20.4 Å². The molecule has 0 saturated heterocycles. The fourth-order valence-corrected chi connectivity index (χ4v) is 2.96. The Morgan fingerprint density at radius 1 is 1.27 bits per heavy atom. The molecule has 2 aromatic rings. The summed E-state index contributed by atoms with van der Waals surface area (Å²) in [4.78, 5) is 23.9. The number of amides is 2. The van der Waals surface area contributed by atoms with E-state index in [9.17, 15) is 14.0 Å². The van der Waals surface area contributed by atoms with Gasteiger partial charge in [0.15, 0.2) is 11.6 Å². The van der Waals surface area contributed by atoms with E-state index in [-0.39, 0.29) is 12.2 Å². The Kier molecular flexibility index (Phi) is 5.51. The SMILES string of the molecule is COc1ccc(CC(=O)NNC(=O)c2ccc(Br)s2)cc1F. The first-order chi connectivity index (χ1) is 10.5. The van der Waals surface area contributed by atoms with Crippen LogP contribution in [0.1, 0.15) is 15.2 Å². The average molecular weight is 387 g/mol. The molecule has 2 rings (SSSR count). The van der Waals surface area contributed by atoms with Gasteiger partial charge < -0.3 is 4.74 Å². The Morgan fingerprint density at radius 3 is 2.64 bits per heavy atom. The number of halogens is 2. The zero-order valence-corrected chi connectivity index (χ0v) is 13.9. The van der Waals surface area contributed by atoms with Gasteiger partial charge in [-0.05, 0) is 45.8 Å². The van der Waals surface area contributed by atoms with E-state index in [1.54, 1.807) is 18.2 Å². The van der Waals surface area contributed by atoms with E-state index in [4.69, 9.17) is 4.74 Å². The molecule has 0 atom stereocenters. The lowest BCUT2D eigenvalue weighted by atomic mass is 10.1. The maximum absolute atomic E-state index is 13.5. The molecule has 1 aromatic heterocycles. The van der Waals surface area contributed by atoms with Gasteiger partial charge in [0.25, 0.3) is 5.91 Å². The fraction of sp³-hybridized carbons (Fsp3) is 0.143. The van der Waals surface area contributed by atoms with Crippen molar-refractivity contribution in [1.29, 1.82) is 0 Å². The van der Waals surface area contributed by atoms with E-state index < -0.39 is 17.6 Å². The van der Waals surface area contributed by atoms with Gasteiger partial charge in [-0.25, -0.2) is 4.39 Å². The molecule has 0 saturated carbocycles. The Labute approximate surface area is 138 Å². The van der Waals surface area contributed by atoms with Crippen LogP contribution in [0, 0.1) is 5.82 Å². The third-order valence-electron chi connectivity index (χ3n) is 2.69. The van der Waals surface area contributed by atoms with Crippen LogP contribution in [0.2, 0.25) is 0 Å². The molecular formula is C14H12BrFN2O3S. The average Bonchev–Trinajstić information content (AvgIpc) is 2.91. The molecular weight excluding hydrogens is 375 g/mol. The number of carbonyl (C=O) groups is 2. The van der Waals surface area contributed by atoms with E-state index in [2.05, 4.69) is 26.8 Å². The Morgan fingerprint density at radius 2 is 2.05 bits per heavy atom. The molecule has 0 aliphatic heterocycles.